The van der Waals surface area contributed by atoms with Gasteiger partial charge in [-0.1, -0.05) is 0 Å². The van der Waals surface area contributed by atoms with Gasteiger partial charge >= 0.3 is 6.03 Å². The second-order valence-electron chi connectivity index (χ2n) is 2.54. The summed E-state index contributed by atoms with van der Waals surface area (Å²) in [7, 11) is 1.73. The first-order valence-electron chi connectivity index (χ1n) is 4.09. The largest absolute Gasteiger partial charge is 0.338 e. The molecule has 6 heteroatoms. The number of urea groups is 1. The van der Waals surface area contributed by atoms with Crippen molar-refractivity contribution in [1.82, 2.24) is 25.6 Å². The SMILES string of the molecule is CCNC(=O)NCc1cnn(C)n1. The number of carbonyl (C=O) groups excluding carboxylic acids is 1. The number of amides is 2. The molecule has 6 nitrogen and oxygen atoms in total. The van der Waals surface area contributed by atoms with Crippen LogP contribution in [0.15, 0.2) is 6.20 Å². The van der Waals surface area contributed by atoms with Crippen molar-refractivity contribution in [3.8, 4) is 0 Å². The molecular formula is C7H13N5O. The van der Waals surface area contributed by atoms with Gasteiger partial charge in [-0.2, -0.15) is 15.0 Å². The first-order valence-corrected chi connectivity index (χ1v) is 4.09. The zero-order valence-corrected chi connectivity index (χ0v) is 7.74. The molecule has 1 aromatic heterocycles. The fourth-order valence-corrected chi connectivity index (χ4v) is 0.863. The summed E-state index contributed by atoms with van der Waals surface area (Å²) in [4.78, 5) is 12.4. The molecule has 0 aromatic carbocycles. The Morgan fingerprint density at radius 2 is 2.38 bits per heavy atom. The predicted octanol–water partition coefficient (Wildman–Crippen LogP) is -0.366. The summed E-state index contributed by atoms with van der Waals surface area (Å²) >= 11 is 0. The van der Waals surface area contributed by atoms with E-state index in [-0.39, 0.29) is 6.03 Å². The molecule has 0 saturated carbocycles. The highest BCUT2D eigenvalue weighted by atomic mass is 16.2. The van der Waals surface area contributed by atoms with Crippen molar-refractivity contribution in [3.63, 3.8) is 0 Å². The van der Waals surface area contributed by atoms with Gasteiger partial charge in [0, 0.05) is 13.6 Å². The van der Waals surface area contributed by atoms with Crippen molar-refractivity contribution in [2.45, 2.75) is 13.5 Å². The van der Waals surface area contributed by atoms with Gasteiger partial charge in [0.25, 0.3) is 0 Å². The van der Waals surface area contributed by atoms with Gasteiger partial charge in [-0.15, -0.1) is 0 Å². The average molecular weight is 183 g/mol. The molecule has 0 spiro atoms. The summed E-state index contributed by atoms with van der Waals surface area (Å²) in [6.07, 6.45) is 1.62. The highest BCUT2D eigenvalue weighted by Gasteiger charge is 2.00. The van der Waals surface area contributed by atoms with E-state index in [1.807, 2.05) is 6.92 Å². The molecule has 1 rings (SSSR count). The number of carbonyl (C=O) groups is 1. The molecule has 2 amide bonds. The number of aryl methyl sites for hydroxylation is 1. The van der Waals surface area contributed by atoms with Gasteiger partial charge in [0.05, 0.1) is 12.7 Å². The van der Waals surface area contributed by atoms with Crippen LogP contribution in [0.25, 0.3) is 0 Å². The van der Waals surface area contributed by atoms with E-state index in [1.54, 1.807) is 13.2 Å². The summed E-state index contributed by atoms with van der Waals surface area (Å²) in [5.41, 5.74) is 0.744. The van der Waals surface area contributed by atoms with Crippen LogP contribution in [0, 0.1) is 0 Å². The number of hydrogen-bond acceptors (Lipinski definition) is 3. The molecule has 2 N–H and O–H groups in total. The Kier molecular flexibility index (Phi) is 3.24. The Hall–Kier alpha value is -1.59. The normalized spacial score (nSPS) is 9.69. The summed E-state index contributed by atoms with van der Waals surface area (Å²) in [5, 5.41) is 13.1. The van der Waals surface area contributed by atoms with Gasteiger partial charge < -0.3 is 10.6 Å². The third kappa shape index (κ3) is 3.10. The molecular weight excluding hydrogens is 170 g/mol. The smallest absolute Gasteiger partial charge is 0.315 e. The standard InChI is InChI=1S/C7H13N5O/c1-3-8-7(13)9-4-6-5-10-12(2)11-6/h5H,3-4H2,1-2H3,(H2,8,9,13). The van der Waals surface area contributed by atoms with Gasteiger partial charge in [-0.25, -0.2) is 4.79 Å². The first-order chi connectivity index (χ1) is 6.22. The minimum absolute atomic E-state index is 0.187. The van der Waals surface area contributed by atoms with Gasteiger partial charge in [-0.05, 0) is 6.92 Å². The van der Waals surface area contributed by atoms with E-state index in [9.17, 15) is 4.79 Å². The third-order valence-corrected chi connectivity index (χ3v) is 1.41. The number of aromatic nitrogens is 3. The van der Waals surface area contributed by atoms with E-state index in [4.69, 9.17) is 0 Å². The number of rotatable bonds is 3. The highest BCUT2D eigenvalue weighted by Crippen LogP contribution is 1.88. The number of hydrogen-bond donors (Lipinski definition) is 2. The van der Waals surface area contributed by atoms with Crippen LogP contribution in [0.2, 0.25) is 0 Å². The molecule has 0 saturated heterocycles. The quantitative estimate of drug-likeness (QED) is 0.671. The lowest BCUT2D eigenvalue weighted by Gasteiger charge is -2.02. The fourth-order valence-electron chi connectivity index (χ4n) is 0.863. The van der Waals surface area contributed by atoms with Crippen molar-refractivity contribution in [1.29, 1.82) is 0 Å². The maximum absolute atomic E-state index is 10.9. The Balaban J connectivity index is 2.30. The minimum atomic E-state index is -0.187. The maximum Gasteiger partial charge on any atom is 0.315 e. The Bertz CT molecular complexity index is 282. The van der Waals surface area contributed by atoms with Crippen LogP contribution in [0.1, 0.15) is 12.6 Å². The van der Waals surface area contributed by atoms with E-state index < -0.39 is 0 Å². The molecule has 1 heterocycles. The van der Waals surface area contributed by atoms with E-state index in [1.165, 1.54) is 4.80 Å². The topological polar surface area (TPSA) is 71.8 Å². The van der Waals surface area contributed by atoms with E-state index in [2.05, 4.69) is 20.8 Å². The van der Waals surface area contributed by atoms with Gasteiger partial charge in [0.2, 0.25) is 0 Å². The molecule has 0 fully saturated rings. The van der Waals surface area contributed by atoms with Crippen LogP contribution in [0.4, 0.5) is 4.79 Å². The van der Waals surface area contributed by atoms with Gasteiger partial charge in [0.15, 0.2) is 0 Å². The lowest BCUT2D eigenvalue weighted by Crippen LogP contribution is -2.34. The van der Waals surface area contributed by atoms with Crippen LogP contribution in [-0.2, 0) is 13.6 Å². The maximum atomic E-state index is 10.9. The van der Waals surface area contributed by atoms with Crippen LogP contribution >= 0.6 is 0 Å². The molecule has 0 aliphatic rings. The zero-order chi connectivity index (χ0) is 9.68. The van der Waals surface area contributed by atoms with Crippen molar-refractivity contribution < 1.29 is 4.79 Å². The molecule has 0 atom stereocenters. The highest BCUT2D eigenvalue weighted by molar-refractivity contribution is 5.73. The van der Waals surface area contributed by atoms with Crippen LogP contribution in [0.5, 0.6) is 0 Å². The lowest BCUT2D eigenvalue weighted by molar-refractivity contribution is 0.241. The van der Waals surface area contributed by atoms with Crippen LogP contribution < -0.4 is 10.6 Å². The third-order valence-electron chi connectivity index (χ3n) is 1.41. The van der Waals surface area contributed by atoms with Crippen LogP contribution in [0.3, 0.4) is 0 Å². The van der Waals surface area contributed by atoms with Crippen molar-refractivity contribution >= 4 is 6.03 Å². The fraction of sp³-hybridized carbons (Fsp3) is 0.571. The predicted molar refractivity (Wildman–Crippen MR) is 46.9 cm³/mol. The Morgan fingerprint density at radius 3 is 2.92 bits per heavy atom. The van der Waals surface area contributed by atoms with Gasteiger partial charge in [-0.3, -0.25) is 0 Å². The molecule has 0 aliphatic carbocycles. The molecule has 0 bridgehead atoms. The van der Waals surface area contributed by atoms with E-state index >= 15 is 0 Å². The molecule has 1 aromatic rings. The van der Waals surface area contributed by atoms with E-state index in [0.717, 1.165) is 5.69 Å². The van der Waals surface area contributed by atoms with Crippen LogP contribution in [-0.4, -0.2) is 27.6 Å². The number of nitrogens with one attached hydrogen (secondary N) is 2. The van der Waals surface area contributed by atoms with E-state index in [0.29, 0.717) is 13.1 Å². The summed E-state index contributed by atoms with van der Waals surface area (Å²) < 4.78 is 0. The summed E-state index contributed by atoms with van der Waals surface area (Å²) in [6, 6.07) is -0.187. The molecule has 72 valence electrons. The van der Waals surface area contributed by atoms with Gasteiger partial charge in [0.1, 0.15) is 5.69 Å². The molecule has 13 heavy (non-hydrogen) atoms. The van der Waals surface area contributed by atoms with Crippen molar-refractivity contribution in [2.75, 3.05) is 6.54 Å². The monoisotopic (exact) mass is 183 g/mol. The molecule has 0 radical (unpaired) electrons. The Morgan fingerprint density at radius 1 is 1.62 bits per heavy atom. The first kappa shape index (κ1) is 9.50. The average Bonchev–Trinajstić information content (AvgIpc) is 2.49. The molecule has 0 unspecified atom stereocenters. The van der Waals surface area contributed by atoms with Crippen molar-refractivity contribution in [3.05, 3.63) is 11.9 Å². The lowest BCUT2D eigenvalue weighted by atomic mass is 10.5. The number of nitrogens with zero attached hydrogens (tertiary/aromatic N) is 3. The minimum Gasteiger partial charge on any atom is -0.338 e. The summed E-state index contributed by atoms with van der Waals surface area (Å²) in [5.74, 6) is 0. The summed E-state index contributed by atoms with van der Waals surface area (Å²) in [6.45, 7) is 2.88. The molecule has 0 aliphatic heterocycles. The zero-order valence-electron chi connectivity index (χ0n) is 7.74. The van der Waals surface area contributed by atoms with Crippen molar-refractivity contribution in [2.24, 2.45) is 7.05 Å². The Labute approximate surface area is 76.3 Å². The second-order valence-corrected chi connectivity index (χ2v) is 2.54. The second kappa shape index (κ2) is 4.44.